The lowest BCUT2D eigenvalue weighted by molar-refractivity contribution is -0.303. The largest absolute Gasteiger partial charge is 0.454 e. The van der Waals surface area contributed by atoms with Crippen molar-refractivity contribution < 1.29 is 58.4 Å². The van der Waals surface area contributed by atoms with Crippen LogP contribution >= 0.6 is 0 Å². The van der Waals surface area contributed by atoms with E-state index in [-0.39, 0.29) is 24.3 Å². The summed E-state index contributed by atoms with van der Waals surface area (Å²) in [5, 5.41) is 64.8. The maximum absolute atomic E-state index is 14.0. The van der Waals surface area contributed by atoms with Gasteiger partial charge in [-0.05, 0) is 36.2 Å². The third-order valence-corrected chi connectivity index (χ3v) is 9.20. The molecule has 3 rings (SSSR count). The van der Waals surface area contributed by atoms with E-state index in [0.717, 1.165) is 31.4 Å². The van der Waals surface area contributed by atoms with Crippen LogP contribution in [0.5, 0.6) is 11.5 Å². The monoisotopic (exact) mass is 725 g/mol. The summed E-state index contributed by atoms with van der Waals surface area (Å²) in [6.45, 7) is 1.11. The zero-order valence-electron chi connectivity index (χ0n) is 29.5. The lowest BCUT2D eigenvalue weighted by atomic mass is 9.98. The molecule has 51 heavy (non-hydrogen) atoms. The van der Waals surface area contributed by atoms with Gasteiger partial charge in [-0.15, -0.1) is 0 Å². The average molecular weight is 726 g/mol. The number of hydrogen-bond acceptors (Lipinski definition) is 10. The predicted molar refractivity (Wildman–Crippen MR) is 186 cm³/mol. The summed E-state index contributed by atoms with van der Waals surface area (Å²) in [7, 11) is 0. The van der Waals surface area contributed by atoms with Crippen LogP contribution in [-0.4, -0.2) is 98.7 Å². The zero-order valence-corrected chi connectivity index (χ0v) is 29.5. The molecule has 0 aromatic heterocycles. The quantitative estimate of drug-likeness (QED) is 0.0767. The van der Waals surface area contributed by atoms with Crippen molar-refractivity contribution in [2.45, 2.75) is 146 Å². The molecule has 288 valence electrons. The van der Waals surface area contributed by atoms with Crippen molar-refractivity contribution >= 4 is 5.91 Å². The van der Waals surface area contributed by atoms with Gasteiger partial charge in [-0.25, -0.2) is 8.78 Å². The van der Waals surface area contributed by atoms with Crippen LogP contribution < -0.4 is 10.1 Å². The maximum Gasteiger partial charge on any atom is 0.224 e. The Balaban J connectivity index is 1.53. The van der Waals surface area contributed by atoms with Crippen molar-refractivity contribution in [3.8, 4) is 11.5 Å². The topological polar surface area (TPSA) is 178 Å². The summed E-state index contributed by atoms with van der Waals surface area (Å²) in [5.41, 5.74) is 0.541. The summed E-state index contributed by atoms with van der Waals surface area (Å²) in [6, 6.07) is 7.95. The molecule has 2 aromatic carbocycles. The lowest BCUT2D eigenvalue weighted by Gasteiger charge is -2.40. The molecule has 2 unspecified atom stereocenters. The van der Waals surface area contributed by atoms with E-state index in [4.69, 9.17) is 14.2 Å². The number of benzene rings is 2. The molecule has 1 aliphatic heterocycles. The van der Waals surface area contributed by atoms with Crippen LogP contribution in [0.4, 0.5) is 8.78 Å². The summed E-state index contributed by atoms with van der Waals surface area (Å²) in [5.74, 6) is -2.05. The average Bonchev–Trinajstić information content (AvgIpc) is 3.11. The molecule has 8 atom stereocenters. The van der Waals surface area contributed by atoms with Crippen LogP contribution in [0.15, 0.2) is 42.5 Å². The van der Waals surface area contributed by atoms with Crippen molar-refractivity contribution in [2.75, 3.05) is 13.2 Å². The molecule has 11 nitrogen and oxygen atoms in total. The molecule has 2 aromatic rings. The maximum atomic E-state index is 14.0. The van der Waals surface area contributed by atoms with E-state index < -0.39 is 79.7 Å². The van der Waals surface area contributed by atoms with E-state index in [1.54, 1.807) is 12.1 Å². The van der Waals surface area contributed by atoms with Gasteiger partial charge in [0.25, 0.3) is 0 Å². The van der Waals surface area contributed by atoms with Crippen molar-refractivity contribution in [3.05, 3.63) is 59.7 Å². The van der Waals surface area contributed by atoms with Crippen LogP contribution in [0.2, 0.25) is 0 Å². The highest BCUT2D eigenvalue weighted by Gasteiger charge is 2.44. The summed E-state index contributed by atoms with van der Waals surface area (Å²) >= 11 is 0. The highest BCUT2D eigenvalue weighted by atomic mass is 19.1. The van der Waals surface area contributed by atoms with Gasteiger partial charge >= 0.3 is 0 Å². The summed E-state index contributed by atoms with van der Waals surface area (Å²) < 4.78 is 43.7. The normalized spacial score (nSPS) is 22.3. The standard InChI is InChI=1S/C38H57F2NO10/c1-2-3-4-5-6-7-8-9-10-11-12-13-14-30(43)34(45)29(24-49-38-37(48)36(47)35(46)32(23-42)51-38)41-33(44)21-25-15-18-27(19-16-25)50-31-20-17-26(39)22-28(31)40/h15-20,22,29-30,32,34-38,42-43,45-48H,2-14,21,23-24H2,1H3,(H,41,44)/t29-,30+,32?,34-,35-,36-,37?,38-/m0/s1. The minimum Gasteiger partial charge on any atom is -0.454 e. The Kier molecular flexibility index (Phi) is 19.3. The van der Waals surface area contributed by atoms with E-state index >= 15 is 0 Å². The number of hydrogen-bond donors (Lipinski definition) is 7. The molecule has 0 bridgehead atoms. The first-order valence-corrected chi connectivity index (χ1v) is 18.3. The van der Waals surface area contributed by atoms with Gasteiger partial charge in [0.15, 0.2) is 17.9 Å². The number of unbranched alkanes of at least 4 members (excludes halogenated alkanes) is 11. The first-order valence-electron chi connectivity index (χ1n) is 18.3. The second-order valence-electron chi connectivity index (χ2n) is 13.4. The Morgan fingerprint density at radius 3 is 2.04 bits per heavy atom. The number of amides is 1. The first kappa shape index (κ1) is 42.7. The highest BCUT2D eigenvalue weighted by Crippen LogP contribution is 2.26. The van der Waals surface area contributed by atoms with Gasteiger partial charge in [0.1, 0.15) is 42.1 Å². The fourth-order valence-corrected chi connectivity index (χ4v) is 6.07. The number of carbonyl (C=O) groups excluding carboxylic acids is 1. The molecule has 1 saturated heterocycles. The minimum atomic E-state index is -1.69. The molecule has 0 radical (unpaired) electrons. The second-order valence-corrected chi connectivity index (χ2v) is 13.4. The number of ether oxygens (including phenoxy) is 3. The van der Waals surface area contributed by atoms with Crippen LogP contribution in [-0.2, 0) is 20.7 Å². The van der Waals surface area contributed by atoms with Crippen molar-refractivity contribution in [1.82, 2.24) is 5.32 Å². The SMILES string of the molecule is CCCCCCCCCCCCCC[C@@H](O)[C@@H](O)[C@H](CO[C@H]1OC(CO)[C@H](O)[C@H](O)C1O)NC(=O)Cc1ccc(Oc2ccc(F)cc2F)cc1. The zero-order chi connectivity index (χ0) is 37.2. The van der Waals surface area contributed by atoms with Crippen LogP contribution in [0, 0.1) is 11.6 Å². The first-order chi connectivity index (χ1) is 24.5. The molecule has 13 heteroatoms. The Morgan fingerprint density at radius 1 is 0.843 bits per heavy atom. The second kappa shape index (κ2) is 23.0. The molecule has 1 aliphatic rings. The molecule has 0 aliphatic carbocycles. The summed E-state index contributed by atoms with van der Waals surface area (Å²) in [6.07, 6.45) is 3.54. The van der Waals surface area contributed by atoms with E-state index in [9.17, 15) is 44.2 Å². The van der Waals surface area contributed by atoms with Crippen LogP contribution in [0.3, 0.4) is 0 Å². The number of carbonyl (C=O) groups is 1. The van der Waals surface area contributed by atoms with Gasteiger partial charge in [0.05, 0.1) is 31.8 Å². The molecule has 0 spiro atoms. The molecule has 1 amide bonds. The van der Waals surface area contributed by atoms with Gasteiger partial charge in [-0.3, -0.25) is 4.79 Å². The van der Waals surface area contributed by atoms with Crippen molar-refractivity contribution in [3.63, 3.8) is 0 Å². The van der Waals surface area contributed by atoms with Gasteiger partial charge in [0.2, 0.25) is 5.91 Å². The van der Waals surface area contributed by atoms with Gasteiger partial charge in [-0.2, -0.15) is 0 Å². The Labute approximate surface area is 299 Å². The number of nitrogens with one attached hydrogen (secondary N) is 1. The van der Waals surface area contributed by atoms with Crippen molar-refractivity contribution in [2.24, 2.45) is 0 Å². The third-order valence-electron chi connectivity index (χ3n) is 9.20. The van der Waals surface area contributed by atoms with E-state index in [1.807, 2.05) is 0 Å². The number of rotatable bonds is 24. The van der Waals surface area contributed by atoms with Crippen LogP contribution in [0.25, 0.3) is 0 Å². The Hall–Kier alpha value is -2.75. The van der Waals surface area contributed by atoms with E-state index in [1.165, 1.54) is 63.5 Å². The van der Waals surface area contributed by atoms with Gasteiger partial charge < -0.3 is 50.2 Å². The predicted octanol–water partition coefficient (Wildman–Crippen LogP) is 4.41. The number of aliphatic hydroxyl groups is 6. The lowest BCUT2D eigenvalue weighted by Crippen LogP contribution is -2.60. The third kappa shape index (κ3) is 14.7. The Morgan fingerprint density at radius 2 is 1.45 bits per heavy atom. The van der Waals surface area contributed by atoms with Crippen LogP contribution in [0.1, 0.15) is 96.0 Å². The molecule has 7 N–H and O–H groups in total. The fourth-order valence-electron chi connectivity index (χ4n) is 6.07. The molecule has 1 fully saturated rings. The van der Waals surface area contributed by atoms with Crippen molar-refractivity contribution in [1.29, 1.82) is 0 Å². The number of aliphatic hydroxyl groups excluding tert-OH is 6. The van der Waals surface area contributed by atoms with Gasteiger partial charge in [-0.1, -0.05) is 96.1 Å². The minimum absolute atomic E-state index is 0.150. The molecule has 1 heterocycles. The summed E-state index contributed by atoms with van der Waals surface area (Å²) in [4.78, 5) is 13.1. The molecular formula is C38H57F2NO10. The molecular weight excluding hydrogens is 668 g/mol. The fraction of sp³-hybridized carbons (Fsp3) is 0.658. The highest BCUT2D eigenvalue weighted by molar-refractivity contribution is 5.79. The van der Waals surface area contributed by atoms with E-state index in [0.29, 0.717) is 18.1 Å². The number of halogens is 2. The molecule has 0 saturated carbocycles. The van der Waals surface area contributed by atoms with E-state index in [2.05, 4.69) is 12.2 Å². The Bertz CT molecular complexity index is 1270. The van der Waals surface area contributed by atoms with Gasteiger partial charge in [0, 0.05) is 6.07 Å². The smallest absolute Gasteiger partial charge is 0.224 e.